The van der Waals surface area contributed by atoms with Gasteiger partial charge in [-0.15, -0.1) is 0 Å². The summed E-state index contributed by atoms with van der Waals surface area (Å²) < 4.78 is 5.56. The summed E-state index contributed by atoms with van der Waals surface area (Å²) in [6.45, 7) is 6.50. The van der Waals surface area contributed by atoms with Gasteiger partial charge in [0.05, 0.1) is 13.2 Å². The van der Waals surface area contributed by atoms with Crippen molar-refractivity contribution in [2.45, 2.75) is 32.7 Å². The summed E-state index contributed by atoms with van der Waals surface area (Å²) in [5, 5.41) is 0. The van der Waals surface area contributed by atoms with Crippen molar-refractivity contribution in [2.75, 3.05) is 32.8 Å². The Bertz CT molecular complexity index is 578. The molecule has 2 aliphatic heterocycles. The summed E-state index contributed by atoms with van der Waals surface area (Å²) in [5.74, 6) is 1.03. The lowest BCUT2D eigenvalue weighted by atomic mass is 9.94. The Labute approximate surface area is 136 Å². The highest BCUT2D eigenvalue weighted by molar-refractivity contribution is 5.80. The van der Waals surface area contributed by atoms with Gasteiger partial charge in [0.25, 0.3) is 0 Å². The topological polar surface area (TPSA) is 78.5 Å². The largest absolute Gasteiger partial charge is 0.377 e. The lowest BCUT2D eigenvalue weighted by Crippen LogP contribution is -2.49. The molecule has 0 spiro atoms. The number of aryl methyl sites for hydroxylation is 1. The number of carbonyl (C=O) groups excluding carboxylic acids is 2. The molecule has 1 aromatic heterocycles. The van der Waals surface area contributed by atoms with Crippen LogP contribution in [-0.2, 0) is 14.3 Å². The SMILES string of the molecule is CC(=O)N1CCC(C(=O)N2CCOC[C@@H]2c2ncc(C)[nH]2)CC1. The first-order valence-corrected chi connectivity index (χ1v) is 8.21. The van der Waals surface area contributed by atoms with Gasteiger partial charge in [0, 0.05) is 44.4 Å². The van der Waals surface area contributed by atoms with Crippen molar-refractivity contribution in [1.29, 1.82) is 0 Å². The van der Waals surface area contributed by atoms with Crippen molar-refractivity contribution < 1.29 is 14.3 Å². The molecule has 2 fully saturated rings. The molecule has 0 aromatic carbocycles. The van der Waals surface area contributed by atoms with E-state index in [0.29, 0.717) is 32.8 Å². The highest BCUT2D eigenvalue weighted by Crippen LogP contribution is 2.27. The number of morpholine rings is 1. The summed E-state index contributed by atoms with van der Waals surface area (Å²) in [5.41, 5.74) is 0.979. The van der Waals surface area contributed by atoms with E-state index in [9.17, 15) is 9.59 Å². The maximum atomic E-state index is 12.9. The van der Waals surface area contributed by atoms with E-state index >= 15 is 0 Å². The van der Waals surface area contributed by atoms with Crippen LogP contribution in [-0.4, -0.2) is 64.4 Å². The first kappa shape index (κ1) is 16.0. The maximum absolute atomic E-state index is 12.9. The minimum atomic E-state index is -0.143. The number of hydrogen-bond acceptors (Lipinski definition) is 4. The summed E-state index contributed by atoms with van der Waals surface area (Å²) in [6.07, 6.45) is 3.25. The Hall–Kier alpha value is -1.89. The molecule has 7 heteroatoms. The molecule has 2 aliphatic rings. The van der Waals surface area contributed by atoms with Crippen LogP contribution in [0.15, 0.2) is 6.20 Å². The molecule has 0 bridgehead atoms. The molecule has 126 valence electrons. The third-order valence-electron chi connectivity index (χ3n) is 4.74. The third kappa shape index (κ3) is 3.39. The number of nitrogens with zero attached hydrogens (tertiary/aromatic N) is 3. The predicted molar refractivity (Wildman–Crippen MR) is 83.6 cm³/mol. The summed E-state index contributed by atoms with van der Waals surface area (Å²) in [6, 6.07) is -0.143. The second-order valence-corrected chi connectivity index (χ2v) is 6.35. The number of amides is 2. The second kappa shape index (κ2) is 6.70. The number of nitrogens with one attached hydrogen (secondary N) is 1. The molecular weight excluding hydrogens is 296 g/mol. The van der Waals surface area contributed by atoms with Gasteiger partial charge in [0.1, 0.15) is 11.9 Å². The number of aromatic amines is 1. The molecule has 0 unspecified atom stereocenters. The Morgan fingerprint density at radius 3 is 2.65 bits per heavy atom. The highest BCUT2D eigenvalue weighted by Gasteiger charge is 2.35. The average Bonchev–Trinajstić information content (AvgIpc) is 3.00. The van der Waals surface area contributed by atoms with Gasteiger partial charge in [-0.25, -0.2) is 4.98 Å². The monoisotopic (exact) mass is 320 g/mol. The van der Waals surface area contributed by atoms with E-state index in [-0.39, 0.29) is 23.8 Å². The minimum absolute atomic E-state index is 0.0118. The Morgan fingerprint density at radius 1 is 1.30 bits per heavy atom. The molecule has 7 nitrogen and oxygen atoms in total. The van der Waals surface area contributed by atoms with Crippen LogP contribution in [0.5, 0.6) is 0 Å². The quantitative estimate of drug-likeness (QED) is 0.877. The Morgan fingerprint density at radius 2 is 2.04 bits per heavy atom. The standard InChI is InChI=1S/C16H24N4O3/c1-11-9-17-15(18-11)14-10-23-8-7-20(14)16(22)13-3-5-19(6-4-13)12(2)21/h9,13-14H,3-8,10H2,1-2H3,(H,17,18)/t14-/m1/s1. The molecule has 1 atom stereocenters. The van der Waals surface area contributed by atoms with E-state index in [1.165, 1.54) is 0 Å². The second-order valence-electron chi connectivity index (χ2n) is 6.35. The van der Waals surface area contributed by atoms with Crippen LogP contribution in [0.2, 0.25) is 0 Å². The number of carbonyl (C=O) groups is 2. The minimum Gasteiger partial charge on any atom is -0.377 e. The van der Waals surface area contributed by atoms with E-state index in [4.69, 9.17) is 4.74 Å². The Kier molecular flexibility index (Phi) is 4.66. The van der Waals surface area contributed by atoms with E-state index in [1.807, 2.05) is 16.7 Å². The fraction of sp³-hybridized carbons (Fsp3) is 0.688. The number of likely N-dealkylation sites (tertiary alicyclic amines) is 1. The number of ether oxygens (including phenoxy) is 1. The van der Waals surface area contributed by atoms with E-state index in [0.717, 1.165) is 24.4 Å². The van der Waals surface area contributed by atoms with Gasteiger partial charge < -0.3 is 19.5 Å². The molecule has 2 amide bonds. The molecule has 2 saturated heterocycles. The van der Waals surface area contributed by atoms with Crippen LogP contribution in [0.25, 0.3) is 0 Å². The van der Waals surface area contributed by atoms with Gasteiger partial charge in [-0.3, -0.25) is 9.59 Å². The van der Waals surface area contributed by atoms with Crippen LogP contribution in [0.4, 0.5) is 0 Å². The van der Waals surface area contributed by atoms with Gasteiger partial charge in [0.2, 0.25) is 11.8 Å². The average molecular weight is 320 g/mol. The van der Waals surface area contributed by atoms with Crippen molar-refractivity contribution in [1.82, 2.24) is 19.8 Å². The van der Waals surface area contributed by atoms with Crippen molar-refractivity contribution in [3.8, 4) is 0 Å². The van der Waals surface area contributed by atoms with Gasteiger partial charge >= 0.3 is 0 Å². The maximum Gasteiger partial charge on any atom is 0.226 e. The molecule has 3 heterocycles. The van der Waals surface area contributed by atoms with E-state index in [2.05, 4.69) is 9.97 Å². The van der Waals surface area contributed by atoms with Crippen LogP contribution < -0.4 is 0 Å². The molecule has 0 radical (unpaired) electrons. The van der Waals surface area contributed by atoms with Gasteiger partial charge in [-0.05, 0) is 19.8 Å². The number of piperidine rings is 1. The van der Waals surface area contributed by atoms with Crippen LogP contribution in [0.3, 0.4) is 0 Å². The van der Waals surface area contributed by atoms with Crippen molar-refractivity contribution in [3.63, 3.8) is 0 Å². The number of H-pyrrole nitrogens is 1. The zero-order valence-electron chi connectivity index (χ0n) is 13.7. The lowest BCUT2D eigenvalue weighted by Gasteiger charge is -2.39. The summed E-state index contributed by atoms with van der Waals surface area (Å²) in [7, 11) is 0. The smallest absolute Gasteiger partial charge is 0.226 e. The number of imidazole rings is 1. The fourth-order valence-corrected chi connectivity index (χ4v) is 3.37. The predicted octanol–water partition coefficient (Wildman–Crippen LogP) is 0.877. The summed E-state index contributed by atoms with van der Waals surface area (Å²) in [4.78, 5) is 35.7. The molecule has 1 aromatic rings. The number of hydrogen-bond donors (Lipinski definition) is 1. The normalized spacial score (nSPS) is 23.1. The van der Waals surface area contributed by atoms with Crippen molar-refractivity contribution in [2.24, 2.45) is 5.92 Å². The van der Waals surface area contributed by atoms with Crippen LogP contribution in [0.1, 0.15) is 37.3 Å². The fourth-order valence-electron chi connectivity index (χ4n) is 3.37. The molecule has 0 saturated carbocycles. The first-order chi connectivity index (χ1) is 11.1. The van der Waals surface area contributed by atoms with E-state index < -0.39 is 0 Å². The first-order valence-electron chi connectivity index (χ1n) is 8.21. The molecule has 23 heavy (non-hydrogen) atoms. The number of aromatic nitrogens is 2. The summed E-state index contributed by atoms with van der Waals surface area (Å²) >= 11 is 0. The zero-order valence-corrected chi connectivity index (χ0v) is 13.7. The molecule has 1 N–H and O–H groups in total. The Balaban J connectivity index is 1.68. The number of rotatable bonds is 2. The van der Waals surface area contributed by atoms with E-state index in [1.54, 1.807) is 13.1 Å². The molecule has 0 aliphatic carbocycles. The van der Waals surface area contributed by atoms with Crippen molar-refractivity contribution in [3.05, 3.63) is 17.7 Å². The molecular formula is C16H24N4O3. The van der Waals surface area contributed by atoms with Gasteiger partial charge in [-0.1, -0.05) is 0 Å². The highest BCUT2D eigenvalue weighted by atomic mass is 16.5. The molecule has 3 rings (SSSR count). The van der Waals surface area contributed by atoms with Gasteiger partial charge in [0.15, 0.2) is 0 Å². The van der Waals surface area contributed by atoms with Crippen molar-refractivity contribution >= 4 is 11.8 Å². The van der Waals surface area contributed by atoms with Crippen LogP contribution in [0, 0.1) is 12.8 Å². The third-order valence-corrected chi connectivity index (χ3v) is 4.74. The van der Waals surface area contributed by atoms with Gasteiger partial charge in [-0.2, -0.15) is 0 Å². The lowest BCUT2D eigenvalue weighted by molar-refractivity contribution is -0.148. The zero-order chi connectivity index (χ0) is 16.4. The van der Waals surface area contributed by atoms with Crippen LogP contribution >= 0.6 is 0 Å².